The number of hydrogen-bond donors (Lipinski definition) is 0. The summed E-state index contributed by atoms with van der Waals surface area (Å²) in [6.45, 7) is 0.662. The SMILES string of the molecule is O=C(ON1C(=O)c2ccccc2C1=O)c1nc(-c2ccc(F)cc2)n2c1CCCCC2. The van der Waals surface area contributed by atoms with Crippen molar-refractivity contribution < 1.29 is 23.6 Å². The summed E-state index contributed by atoms with van der Waals surface area (Å²) < 4.78 is 15.3. The van der Waals surface area contributed by atoms with Crippen molar-refractivity contribution in [3.05, 3.63) is 76.9 Å². The van der Waals surface area contributed by atoms with Gasteiger partial charge in [0.2, 0.25) is 0 Å². The van der Waals surface area contributed by atoms with Crippen molar-refractivity contribution in [3.63, 3.8) is 0 Å². The van der Waals surface area contributed by atoms with Gasteiger partial charge in [0.05, 0.1) is 16.8 Å². The third-order valence-electron chi connectivity index (χ3n) is 5.59. The van der Waals surface area contributed by atoms with Crippen molar-refractivity contribution in [2.24, 2.45) is 0 Å². The minimum atomic E-state index is -0.867. The number of benzene rings is 2. The summed E-state index contributed by atoms with van der Waals surface area (Å²) in [5.74, 6) is -2.06. The van der Waals surface area contributed by atoms with Gasteiger partial charge in [-0.25, -0.2) is 14.2 Å². The minimum absolute atomic E-state index is 0.0674. The second-order valence-corrected chi connectivity index (χ2v) is 7.53. The lowest BCUT2D eigenvalue weighted by molar-refractivity contribution is -0.0589. The smallest absolute Gasteiger partial charge is 0.327 e. The van der Waals surface area contributed by atoms with Crippen LogP contribution >= 0.6 is 0 Å². The molecule has 0 unspecified atom stereocenters. The summed E-state index contributed by atoms with van der Waals surface area (Å²) in [4.78, 5) is 47.8. The molecule has 0 saturated heterocycles. The van der Waals surface area contributed by atoms with Gasteiger partial charge in [0, 0.05) is 12.1 Å². The van der Waals surface area contributed by atoms with E-state index >= 15 is 0 Å². The number of carbonyl (C=O) groups excluding carboxylic acids is 3. The molecule has 1 aromatic heterocycles. The number of hydrogen-bond acceptors (Lipinski definition) is 5. The molecule has 2 aromatic carbocycles. The predicted molar refractivity (Wildman–Crippen MR) is 108 cm³/mol. The van der Waals surface area contributed by atoms with E-state index in [2.05, 4.69) is 4.98 Å². The predicted octanol–water partition coefficient (Wildman–Crippen LogP) is 3.78. The second kappa shape index (κ2) is 7.46. The van der Waals surface area contributed by atoms with Gasteiger partial charge < -0.3 is 9.40 Å². The van der Waals surface area contributed by atoms with E-state index in [1.807, 2.05) is 4.57 Å². The number of imidazole rings is 1. The molecule has 3 aromatic rings. The molecule has 0 bridgehead atoms. The first-order valence-corrected chi connectivity index (χ1v) is 10.1. The van der Waals surface area contributed by atoms with Gasteiger partial charge in [-0.15, -0.1) is 0 Å². The Morgan fingerprint density at radius 2 is 1.61 bits per heavy atom. The van der Waals surface area contributed by atoms with Crippen molar-refractivity contribution >= 4 is 17.8 Å². The summed E-state index contributed by atoms with van der Waals surface area (Å²) in [6, 6.07) is 12.2. The first kappa shape index (κ1) is 19.2. The van der Waals surface area contributed by atoms with Crippen molar-refractivity contribution in [1.29, 1.82) is 0 Å². The highest BCUT2D eigenvalue weighted by Gasteiger charge is 2.39. The molecule has 5 rings (SSSR count). The van der Waals surface area contributed by atoms with Crippen LogP contribution < -0.4 is 0 Å². The molecule has 0 saturated carbocycles. The van der Waals surface area contributed by atoms with Crippen LogP contribution in [0.25, 0.3) is 11.4 Å². The van der Waals surface area contributed by atoms with Crippen molar-refractivity contribution in [2.45, 2.75) is 32.2 Å². The van der Waals surface area contributed by atoms with Gasteiger partial charge >= 0.3 is 5.97 Å². The number of nitrogens with zero attached hydrogens (tertiary/aromatic N) is 3. The Balaban J connectivity index is 1.50. The third-order valence-corrected chi connectivity index (χ3v) is 5.59. The van der Waals surface area contributed by atoms with Gasteiger partial charge in [0.15, 0.2) is 5.69 Å². The number of amides is 2. The lowest BCUT2D eigenvalue weighted by Gasteiger charge is -2.12. The first-order valence-electron chi connectivity index (χ1n) is 10.1. The Kier molecular flexibility index (Phi) is 4.62. The summed E-state index contributed by atoms with van der Waals surface area (Å²) in [6.07, 6.45) is 3.41. The molecule has 2 aliphatic rings. The Morgan fingerprint density at radius 3 is 2.29 bits per heavy atom. The highest BCUT2D eigenvalue weighted by atomic mass is 19.1. The third kappa shape index (κ3) is 3.20. The topological polar surface area (TPSA) is 81.5 Å². The van der Waals surface area contributed by atoms with Crippen molar-refractivity contribution in [2.75, 3.05) is 0 Å². The van der Waals surface area contributed by atoms with E-state index in [0.29, 0.717) is 35.1 Å². The normalized spacial score (nSPS) is 15.5. The van der Waals surface area contributed by atoms with E-state index in [1.54, 1.807) is 24.3 Å². The summed E-state index contributed by atoms with van der Waals surface area (Å²) in [5.41, 5.74) is 1.81. The number of fused-ring (bicyclic) bond motifs is 2. The maximum atomic E-state index is 13.4. The fourth-order valence-corrected chi connectivity index (χ4v) is 4.08. The maximum absolute atomic E-state index is 13.4. The van der Waals surface area contributed by atoms with E-state index in [-0.39, 0.29) is 22.6 Å². The Morgan fingerprint density at radius 1 is 0.935 bits per heavy atom. The second-order valence-electron chi connectivity index (χ2n) is 7.53. The summed E-state index contributed by atoms with van der Waals surface area (Å²) >= 11 is 0. The van der Waals surface area contributed by atoms with E-state index in [9.17, 15) is 18.8 Å². The first-order chi connectivity index (χ1) is 15.0. The molecule has 8 heteroatoms. The maximum Gasteiger partial charge on any atom is 0.384 e. The van der Waals surface area contributed by atoms with Crippen LogP contribution in [0.1, 0.15) is 56.2 Å². The van der Waals surface area contributed by atoms with E-state index < -0.39 is 17.8 Å². The number of halogens is 1. The van der Waals surface area contributed by atoms with E-state index in [4.69, 9.17) is 4.84 Å². The summed E-state index contributed by atoms with van der Waals surface area (Å²) in [5, 5.41) is 0.493. The molecule has 0 fully saturated rings. The molecule has 31 heavy (non-hydrogen) atoms. The molecule has 156 valence electrons. The minimum Gasteiger partial charge on any atom is -0.327 e. The average Bonchev–Trinajstić information content (AvgIpc) is 3.12. The number of hydroxylamine groups is 2. The molecule has 7 nitrogen and oxygen atoms in total. The van der Waals surface area contributed by atoms with Crippen molar-refractivity contribution in [3.8, 4) is 11.4 Å². The van der Waals surface area contributed by atoms with Gasteiger partial charge in [-0.05, 0) is 55.7 Å². The molecule has 0 radical (unpaired) electrons. The number of carbonyl (C=O) groups is 3. The van der Waals surface area contributed by atoms with E-state index in [1.165, 1.54) is 24.3 Å². The molecule has 2 aliphatic heterocycles. The Hall–Kier alpha value is -3.81. The highest BCUT2D eigenvalue weighted by Crippen LogP contribution is 2.29. The number of rotatable bonds is 3. The molecule has 3 heterocycles. The van der Waals surface area contributed by atoms with Crippen LogP contribution in [0.15, 0.2) is 48.5 Å². The van der Waals surface area contributed by atoms with Crippen LogP contribution in [0.3, 0.4) is 0 Å². The van der Waals surface area contributed by atoms with Crippen molar-refractivity contribution in [1.82, 2.24) is 14.6 Å². The van der Waals surface area contributed by atoms with Crippen LogP contribution in [0.4, 0.5) is 4.39 Å². The molecule has 0 atom stereocenters. The van der Waals surface area contributed by atoms with Crippen LogP contribution in [0.2, 0.25) is 0 Å². The monoisotopic (exact) mass is 419 g/mol. The van der Waals surface area contributed by atoms with Crippen LogP contribution in [0, 0.1) is 5.82 Å². The lowest BCUT2D eigenvalue weighted by Crippen LogP contribution is -2.33. The van der Waals surface area contributed by atoms with Gasteiger partial charge in [-0.1, -0.05) is 23.6 Å². The quantitative estimate of drug-likeness (QED) is 0.604. The lowest BCUT2D eigenvalue weighted by atomic mass is 10.1. The fourth-order valence-electron chi connectivity index (χ4n) is 4.08. The van der Waals surface area contributed by atoms with Crippen LogP contribution in [0.5, 0.6) is 0 Å². The zero-order valence-electron chi connectivity index (χ0n) is 16.5. The molecule has 0 aliphatic carbocycles. The van der Waals surface area contributed by atoms with Gasteiger partial charge in [0.1, 0.15) is 11.6 Å². The molecule has 0 N–H and O–H groups in total. The molecule has 0 spiro atoms. The zero-order chi connectivity index (χ0) is 21.5. The van der Waals surface area contributed by atoms with Crippen LogP contribution in [-0.4, -0.2) is 32.4 Å². The fraction of sp³-hybridized carbons (Fsp3) is 0.217. The van der Waals surface area contributed by atoms with Gasteiger partial charge in [-0.2, -0.15) is 0 Å². The molecular formula is C23H18FN3O4. The number of imide groups is 1. The summed E-state index contributed by atoms with van der Waals surface area (Å²) in [7, 11) is 0. The van der Waals surface area contributed by atoms with Gasteiger partial charge in [-0.3, -0.25) is 9.59 Å². The highest BCUT2D eigenvalue weighted by molar-refractivity contribution is 6.21. The number of aromatic nitrogens is 2. The van der Waals surface area contributed by atoms with Gasteiger partial charge in [0.25, 0.3) is 11.8 Å². The Labute approximate surface area is 177 Å². The Bertz CT molecular complexity index is 1180. The molecular weight excluding hydrogens is 401 g/mol. The van der Waals surface area contributed by atoms with E-state index in [0.717, 1.165) is 19.3 Å². The largest absolute Gasteiger partial charge is 0.384 e. The molecule has 2 amide bonds. The zero-order valence-corrected chi connectivity index (χ0v) is 16.5. The standard InChI is InChI=1S/C23H18FN3O4/c24-15-11-9-14(10-12-15)20-25-19(18-8-2-1-5-13-26(18)20)23(30)31-27-21(28)16-6-3-4-7-17(16)22(27)29/h3-4,6-7,9-12H,1-2,5,8,13H2. The van der Waals surface area contributed by atoms with Crippen LogP contribution in [-0.2, 0) is 17.8 Å². The average molecular weight is 419 g/mol.